The maximum atomic E-state index is 12.5. The number of methoxy groups -OCH3 is 1. The minimum atomic E-state index is -2.92. The minimum absolute atomic E-state index is 0.0339. The van der Waals surface area contributed by atoms with Crippen molar-refractivity contribution in [2.75, 3.05) is 13.7 Å². The van der Waals surface area contributed by atoms with Gasteiger partial charge in [0.25, 0.3) is 5.91 Å². The van der Waals surface area contributed by atoms with Gasteiger partial charge in [-0.1, -0.05) is 36.4 Å². The molecule has 1 N–H and O–H groups in total. The summed E-state index contributed by atoms with van der Waals surface area (Å²) in [6, 6.07) is 15.9. The van der Waals surface area contributed by atoms with E-state index in [0.29, 0.717) is 18.5 Å². The van der Waals surface area contributed by atoms with Crippen LogP contribution in [0.3, 0.4) is 0 Å². The molecule has 2 aromatic carbocycles. The average Bonchev–Trinajstić information content (AvgIpc) is 3.19. The maximum absolute atomic E-state index is 12.5. The van der Waals surface area contributed by atoms with Gasteiger partial charge in [0, 0.05) is 12.1 Å². The SMILES string of the molecule is COc1cc(CCNC(=O)c2occc2-c2ccccc2)ccc1OC(F)F. The van der Waals surface area contributed by atoms with Crippen molar-refractivity contribution in [1.82, 2.24) is 5.32 Å². The van der Waals surface area contributed by atoms with Crippen LogP contribution in [0, 0.1) is 0 Å². The largest absolute Gasteiger partial charge is 0.493 e. The van der Waals surface area contributed by atoms with Crippen molar-refractivity contribution < 1.29 is 27.5 Å². The van der Waals surface area contributed by atoms with Gasteiger partial charge >= 0.3 is 6.61 Å². The molecule has 3 rings (SSSR count). The van der Waals surface area contributed by atoms with E-state index >= 15 is 0 Å². The summed E-state index contributed by atoms with van der Waals surface area (Å²) in [6.45, 7) is -2.59. The molecule has 1 heterocycles. The normalized spacial score (nSPS) is 10.7. The van der Waals surface area contributed by atoms with Crippen molar-refractivity contribution in [1.29, 1.82) is 0 Å². The van der Waals surface area contributed by atoms with E-state index in [9.17, 15) is 13.6 Å². The lowest BCUT2D eigenvalue weighted by atomic mass is 10.1. The number of benzene rings is 2. The highest BCUT2D eigenvalue weighted by Gasteiger charge is 2.16. The van der Waals surface area contributed by atoms with E-state index in [1.165, 1.54) is 19.4 Å². The first-order chi connectivity index (χ1) is 13.6. The average molecular weight is 387 g/mol. The van der Waals surface area contributed by atoms with E-state index in [1.54, 1.807) is 18.2 Å². The second kappa shape index (κ2) is 9.03. The molecule has 0 atom stereocenters. The highest BCUT2D eigenvalue weighted by molar-refractivity contribution is 5.98. The van der Waals surface area contributed by atoms with Crippen LogP contribution in [-0.4, -0.2) is 26.2 Å². The van der Waals surface area contributed by atoms with E-state index in [4.69, 9.17) is 9.15 Å². The van der Waals surface area contributed by atoms with Crippen molar-refractivity contribution in [3.8, 4) is 22.6 Å². The molecule has 146 valence electrons. The lowest BCUT2D eigenvalue weighted by Gasteiger charge is -2.11. The standard InChI is InChI=1S/C21H19F2NO4/c1-26-18-13-14(7-8-17(18)28-21(22)23)9-11-24-20(25)19-16(10-12-27-19)15-5-3-2-4-6-15/h2-8,10,12-13,21H,9,11H2,1H3,(H,24,25). The number of carbonyl (C=O) groups is 1. The monoisotopic (exact) mass is 387 g/mol. The second-order valence-electron chi connectivity index (χ2n) is 5.90. The quantitative estimate of drug-likeness (QED) is 0.617. The lowest BCUT2D eigenvalue weighted by Crippen LogP contribution is -2.25. The van der Waals surface area contributed by atoms with Gasteiger partial charge in [-0.15, -0.1) is 0 Å². The molecule has 0 aliphatic carbocycles. The van der Waals surface area contributed by atoms with Gasteiger partial charge in [0.15, 0.2) is 17.3 Å². The van der Waals surface area contributed by atoms with Crippen molar-refractivity contribution >= 4 is 5.91 Å². The molecule has 0 radical (unpaired) electrons. The van der Waals surface area contributed by atoms with Crippen LogP contribution in [0.2, 0.25) is 0 Å². The summed E-state index contributed by atoms with van der Waals surface area (Å²) in [5, 5.41) is 2.80. The summed E-state index contributed by atoms with van der Waals surface area (Å²) in [7, 11) is 1.38. The number of ether oxygens (including phenoxy) is 2. The molecule has 0 aliphatic rings. The summed E-state index contributed by atoms with van der Waals surface area (Å²) >= 11 is 0. The number of hydrogen-bond acceptors (Lipinski definition) is 4. The molecule has 0 spiro atoms. The molecule has 28 heavy (non-hydrogen) atoms. The maximum Gasteiger partial charge on any atom is 0.387 e. The van der Waals surface area contributed by atoms with E-state index in [1.807, 2.05) is 30.3 Å². The molecule has 1 amide bonds. The van der Waals surface area contributed by atoms with Crippen LogP contribution in [0.4, 0.5) is 8.78 Å². The fraction of sp³-hybridized carbons (Fsp3) is 0.190. The number of rotatable bonds is 8. The van der Waals surface area contributed by atoms with Crippen molar-refractivity contribution in [2.24, 2.45) is 0 Å². The number of hydrogen-bond donors (Lipinski definition) is 1. The Balaban J connectivity index is 1.62. The van der Waals surface area contributed by atoms with Gasteiger partial charge < -0.3 is 19.2 Å². The number of carbonyl (C=O) groups excluding carboxylic acids is 1. The third-order valence-corrected chi connectivity index (χ3v) is 4.10. The van der Waals surface area contributed by atoms with Gasteiger partial charge in [-0.2, -0.15) is 8.78 Å². The van der Waals surface area contributed by atoms with Gasteiger partial charge in [0.1, 0.15) is 0 Å². The number of amides is 1. The number of halogens is 2. The van der Waals surface area contributed by atoms with Gasteiger partial charge in [-0.3, -0.25) is 4.79 Å². The molecule has 1 aromatic heterocycles. The van der Waals surface area contributed by atoms with Gasteiger partial charge in [0.05, 0.1) is 13.4 Å². The molecule has 0 bridgehead atoms. The van der Waals surface area contributed by atoms with Crippen molar-refractivity contribution in [2.45, 2.75) is 13.0 Å². The summed E-state index contributed by atoms with van der Waals surface area (Å²) in [5.74, 6) is 0.0906. The number of nitrogens with one attached hydrogen (secondary N) is 1. The predicted octanol–water partition coefficient (Wildman–Crippen LogP) is 4.53. The van der Waals surface area contributed by atoms with E-state index in [-0.39, 0.29) is 23.2 Å². The molecule has 7 heteroatoms. The molecule has 5 nitrogen and oxygen atoms in total. The van der Waals surface area contributed by atoms with Gasteiger partial charge in [-0.05, 0) is 35.7 Å². The Morgan fingerprint density at radius 1 is 1.11 bits per heavy atom. The zero-order valence-corrected chi connectivity index (χ0v) is 15.2. The molecule has 0 fully saturated rings. The summed E-state index contributed by atoms with van der Waals surface area (Å²) < 4.78 is 39.6. The Labute approximate surface area is 160 Å². The molecule has 0 unspecified atom stereocenters. The van der Waals surface area contributed by atoms with Crippen LogP contribution in [0.1, 0.15) is 16.1 Å². The van der Waals surface area contributed by atoms with Crippen LogP contribution in [0.15, 0.2) is 65.3 Å². The number of alkyl halides is 2. The third kappa shape index (κ3) is 4.68. The van der Waals surface area contributed by atoms with Crippen LogP contribution >= 0.6 is 0 Å². The summed E-state index contributed by atoms with van der Waals surface area (Å²) in [4.78, 5) is 12.5. The highest BCUT2D eigenvalue weighted by Crippen LogP contribution is 2.29. The Hall–Kier alpha value is -3.35. The molecular weight excluding hydrogens is 368 g/mol. The van der Waals surface area contributed by atoms with Crippen LogP contribution in [0.25, 0.3) is 11.1 Å². The predicted molar refractivity (Wildman–Crippen MR) is 99.8 cm³/mol. The van der Waals surface area contributed by atoms with Gasteiger partial charge in [-0.25, -0.2) is 0 Å². The first-order valence-corrected chi connectivity index (χ1v) is 8.61. The Kier molecular flexibility index (Phi) is 6.26. The zero-order chi connectivity index (χ0) is 19.9. The summed E-state index contributed by atoms with van der Waals surface area (Å²) in [5.41, 5.74) is 2.41. The lowest BCUT2D eigenvalue weighted by molar-refractivity contribution is -0.0512. The van der Waals surface area contributed by atoms with Crippen LogP contribution < -0.4 is 14.8 Å². The Bertz CT molecular complexity index is 925. The molecule has 0 aliphatic heterocycles. The fourth-order valence-corrected chi connectivity index (χ4v) is 2.79. The Morgan fingerprint density at radius 3 is 2.61 bits per heavy atom. The molecular formula is C21H19F2NO4. The van der Waals surface area contributed by atoms with Crippen LogP contribution in [0.5, 0.6) is 11.5 Å². The van der Waals surface area contributed by atoms with E-state index < -0.39 is 6.61 Å². The minimum Gasteiger partial charge on any atom is -0.493 e. The third-order valence-electron chi connectivity index (χ3n) is 4.10. The van der Waals surface area contributed by atoms with Gasteiger partial charge in [0.2, 0.25) is 0 Å². The smallest absolute Gasteiger partial charge is 0.387 e. The summed E-state index contributed by atoms with van der Waals surface area (Å²) in [6.07, 6.45) is 1.96. The van der Waals surface area contributed by atoms with Crippen molar-refractivity contribution in [3.63, 3.8) is 0 Å². The highest BCUT2D eigenvalue weighted by atomic mass is 19.3. The topological polar surface area (TPSA) is 60.7 Å². The fourth-order valence-electron chi connectivity index (χ4n) is 2.79. The van der Waals surface area contributed by atoms with Crippen molar-refractivity contribution in [3.05, 3.63) is 72.2 Å². The van der Waals surface area contributed by atoms with E-state index in [0.717, 1.165) is 11.1 Å². The Morgan fingerprint density at radius 2 is 1.89 bits per heavy atom. The molecule has 0 saturated heterocycles. The second-order valence-corrected chi connectivity index (χ2v) is 5.90. The van der Waals surface area contributed by atoms with E-state index in [2.05, 4.69) is 10.1 Å². The first kappa shape index (κ1) is 19.4. The number of furan rings is 1. The first-order valence-electron chi connectivity index (χ1n) is 8.61. The molecule has 0 saturated carbocycles. The zero-order valence-electron chi connectivity index (χ0n) is 15.2. The van der Waals surface area contributed by atoms with Crippen LogP contribution in [-0.2, 0) is 6.42 Å². The molecule has 3 aromatic rings.